The number of aryl methyl sites for hydroxylation is 1. The standard InChI is InChI=1S/C13H18BrNO2/c1-8-7-11-12(9(2)13(8)14)10(15-16-3)5-4-6-17-11/h7,10,15H,4-6H2,1-3H3. The minimum absolute atomic E-state index is 0.203. The Labute approximate surface area is 111 Å². The molecule has 1 heterocycles. The van der Waals surface area contributed by atoms with Gasteiger partial charge in [0.25, 0.3) is 0 Å². The van der Waals surface area contributed by atoms with Gasteiger partial charge in [0.15, 0.2) is 0 Å². The maximum Gasteiger partial charge on any atom is 0.124 e. The smallest absolute Gasteiger partial charge is 0.124 e. The summed E-state index contributed by atoms with van der Waals surface area (Å²) in [5.41, 5.74) is 6.72. The van der Waals surface area contributed by atoms with Crippen LogP contribution in [0.2, 0.25) is 0 Å². The first kappa shape index (κ1) is 12.9. The molecule has 0 radical (unpaired) electrons. The van der Waals surface area contributed by atoms with E-state index in [9.17, 15) is 0 Å². The average molecular weight is 300 g/mol. The van der Waals surface area contributed by atoms with Crippen molar-refractivity contribution in [1.29, 1.82) is 0 Å². The maximum atomic E-state index is 5.83. The second-order valence-electron chi connectivity index (χ2n) is 4.41. The van der Waals surface area contributed by atoms with Crippen LogP contribution in [0.3, 0.4) is 0 Å². The summed E-state index contributed by atoms with van der Waals surface area (Å²) in [6.45, 7) is 4.98. The van der Waals surface area contributed by atoms with Gasteiger partial charge in [-0.1, -0.05) is 15.9 Å². The number of hydrogen-bond donors (Lipinski definition) is 1. The number of halogens is 1. The van der Waals surface area contributed by atoms with Crippen LogP contribution in [0.5, 0.6) is 5.75 Å². The molecule has 0 aromatic heterocycles. The molecule has 0 bridgehead atoms. The first-order valence-corrected chi connectivity index (χ1v) is 6.65. The summed E-state index contributed by atoms with van der Waals surface area (Å²) >= 11 is 3.64. The Morgan fingerprint density at radius 3 is 2.94 bits per heavy atom. The first-order chi connectivity index (χ1) is 8.15. The van der Waals surface area contributed by atoms with Gasteiger partial charge in [0.2, 0.25) is 0 Å². The fourth-order valence-corrected chi connectivity index (χ4v) is 2.69. The van der Waals surface area contributed by atoms with E-state index < -0.39 is 0 Å². The molecule has 0 amide bonds. The molecule has 1 atom stereocenters. The van der Waals surface area contributed by atoms with Crippen LogP contribution in [0, 0.1) is 13.8 Å². The van der Waals surface area contributed by atoms with Crippen molar-refractivity contribution in [3.8, 4) is 5.75 Å². The molecule has 94 valence electrons. The second-order valence-corrected chi connectivity index (χ2v) is 5.20. The minimum Gasteiger partial charge on any atom is -0.493 e. The zero-order valence-corrected chi connectivity index (χ0v) is 12.1. The number of ether oxygens (including phenoxy) is 1. The van der Waals surface area contributed by atoms with Gasteiger partial charge in [-0.2, -0.15) is 5.48 Å². The molecule has 0 aliphatic carbocycles. The highest BCUT2D eigenvalue weighted by molar-refractivity contribution is 9.10. The van der Waals surface area contributed by atoms with Crippen LogP contribution in [0.4, 0.5) is 0 Å². The van der Waals surface area contributed by atoms with Crippen molar-refractivity contribution in [3.05, 3.63) is 27.2 Å². The lowest BCUT2D eigenvalue weighted by Gasteiger charge is -2.21. The monoisotopic (exact) mass is 299 g/mol. The van der Waals surface area contributed by atoms with Gasteiger partial charge in [0, 0.05) is 10.0 Å². The molecule has 0 saturated carbocycles. The van der Waals surface area contributed by atoms with Crippen molar-refractivity contribution in [2.75, 3.05) is 13.7 Å². The summed E-state index contributed by atoms with van der Waals surface area (Å²) < 4.78 is 6.98. The van der Waals surface area contributed by atoms with Gasteiger partial charge in [-0.25, -0.2) is 0 Å². The minimum atomic E-state index is 0.203. The molecule has 0 spiro atoms. The Balaban J connectivity index is 2.51. The highest BCUT2D eigenvalue weighted by Crippen LogP contribution is 2.39. The number of hydrogen-bond acceptors (Lipinski definition) is 3. The molecular weight excluding hydrogens is 282 g/mol. The molecule has 1 aliphatic heterocycles. The van der Waals surface area contributed by atoms with Crippen LogP contribution in [-0.2, 0) is 4.84 Å². The quantitative estimate of drug-likeness (QED) is 0.849. The molecule has 4 heteroatoms. The molecule has 1 unspecified atom stereocenters. The Morgan fingerprint density at radius 2 is 2.24 bits per heavy atom. The van der Waals surface area contributed by atoms with Crippen molar-refractivity contribution in [3.63, 3.8) is 0 Å². The number of fused-ring (bicyclic) bond motifs is 1. The van der Waals surface area contributed by atoms with E-state index in [1.165, 1.54) is 16.7 Å². The van der Waals surface area contributed by atoms with Gasteiger partial charge in [-0.15, -0.1) is 0 Å². The molecule has 1 aromatic rings. The van der Waals surface area contributed by atoms with Crippen LogP contribution < -0.4 is 10.2 Å². The summed E-state index contributed by atoms with van der Waals surface area (Å²) in [5.74, 6) is 0.982. The van der Waals surface area contributed by atoms with E-state index in [0.717, 1.165) is 29.7 Å². The molecule has 1 N–H and O–H groups in total. The summed E-state index contributed by atoms with van der Waals surface area (Å²) in [5, 5.41) is 0. The second kappa shape index (κ2) is 5.38. The van der Waals surface area contributed by atoms with E-state index in [0.29, 0.717) is 0 Å². The van der Waals surface area contributed by atoms with Crippen molar-refractivity contribution < 1.29 is 9.57 Å². The third kappa shape index (κ3) is 2.49. The molecule has 0 fully saturated rings. The highest BCUT2D eigenvalue weighted by atomic mass is 79.9. The van der Waals surface area contributed by atoms with Crippen LogP contribution in [0.25, 0.3) is 0 Å². The molecule has 1 aliphatic rings. The first-order valence-electron chi connectivity index (χ1n) is 5.86. The van der Waals surface area contributed by atoms with Crippen molar-refractivity contribution >= 4 is 15.9 Å². The zero-order chi connectivity index (χ0) is 12.4. The van der Waals surface area contributed by atoms with Crippen LogP contribution in [-0.4, -0.2) is 13.7 Å². The van der Waals surface area contributed by atoms with Gasteiger partial charge in [-0.3, -0.25) is 0 Å². The molecule has 0 saturated heterocycles. The van der Waals surface area contributed by atoms with E-state index in [-0.39, 0.29) is 6.04 Å². The molecular formula is C13H18BrNO2. The maximum absolute atomic E-state index is 5.83. The molecule has 2 rings (SSSR count). The topological polar surface area (TPSA) is 30.5 Å². The normalized spacial score (nSPS) is 19.4. The number of benzene rings is 1. The molecule has 3 nitrogen and oxygen atoms in total. The van der Waals surface area contributed by atoms with Crippen LogP contribution in [0.15, 0.2) is 10.5 Å². The fourth-order valence-electron chi connectivity index (χ4n) is 2.36. The van der Waals surface area contributed by atoms with Gasteiger partial charge in [-0.05, 0) is 43.9 Å². The van der Waals surface area contributed by atoms with Gasteiger partial charge >= 0.3 is 0 Å². The fraction of sp³-hybridized carbons (Fsp3) is 0.538. The van der Waals surface area contributed by atoms with Crippen molar-refractivity contribution in [1.82, 2.24) is 5.48 Å². The van der Waals surface area contributed by atoms with E-state index in [1.54, 1.807) is 7.11 Å². The third-order valence-corrected chi connectivity index (χ3v) is 4.42. The predicted octanol–water partition coefficient (Wildman–Crippen LogP) is 3.43. The van der Waals surface area contributed by atoms with E-state index >= 15 is 0 Å². The summed E-state index contributed by atoms with van der Waals surface area (Å²) in [6, 6.07) is 2.30. The van der Waals surface area contributed by atoms with Crippen LogP contribution in [0.1, 0.15) is 35.6 Å². The van der Waals surface area contributed by atoms with Gasteiger partial charge < -0.3 is 9.57 Å². The SMILES string of the molecule is CONC1CCCOc2cc(C)c(Br)c(C)c21. The summed E-state index contributed by atoms with van der Waals surface area (Å²) in [7, 11) is 1.66. The van der Waals surface area contributed by atoms with Gasteiger partial charge in [0.1, 0.15) is 5.75 Å². The van der Waals surface area contributed by atoms with Crippen molar-refractivity contribution in [2.24, 2.45) is 0 Å². The third-order valence-electron chi connectivity index (χ3n) is 3.20. The molecule has 1 aromatic carbocycles. The summed E-state index contributed by atoms with van der Waals surface area (Å²) in [4.78, 5) is 5.10. The van der Waals surface area contributed by atoms with E-state index in [1.807, 2.05) is 0 Å². The van der Waals surface area contributed by atoms with E-state index in [4.69, 9.17) is 9.57 Å². The highest BCUT2D eigenvalue weighted by Gasteiger charge is 2.23. The van der Waals surface area contributed by atoms with E-state index in [2.05, 4.69) is 41.3 Å². The Hall–Kier alpha value is -0.580. The van der Waals surface area contributed by atoms with Crippen LogP contribution >= 0.6 is 15.9 Å². The average Bonchev–Trinajstić information content (AvgIpc) is 2.49. The number of nitrogens with one attached hydrogen (secondary N) is 1. The zero-order valence-electron chi connectivity index (χ0n) is 10.5. The molecule has 17 heavy (non-hydrogen) atoms. The predicted molar refractivity (Wildman–Crippen MR) is 71.2 cm³/mol. The Bertz CT molecular complexity index is 420. The van der Waals surface area contributed by atoms with Crippen molar-refractivity contribution in [2.45, 2.75) is 32.7 Å². The lowest BCUT2D eigenvalue weighted by Crippen LogP contribution is -2.20. The number of hydroxylamine groups is 1. The lowest BCUT2D eigenvalue weighted by molar-refractivity contribution is 0.0578. The number of rotatable bonds is 2. The Morgan fingerprint density at radius 1 is 1.47 bits per heavy atom. The lowest BCUT2D eigenvalue weighted by atomic mass is 9.96. The Kier molecular flexibility index (Phi) is 4.07. The summed E-state index contributed by atoms with van der Waals surface area (Å²) in [6.07, 6.45) is 2.06. The van der Waals surface area contributed by atoms with Gasteiger partial charge in [0.05, 0.1) is 19.8 Å². The largest absolute Gasteiger partial charge is 0.493 e.